The summed E-state index contributed by atoms with van der Waals surface area (Å²) in [5.74, 6) is 0.0455. The number of aryl methyl sites for hydroxylation is 3. The first-order chi connectivity index (χ1) is 13.8. The predicted octanol–water partition coefficient (Wildman–Crippen LogP) is 2.56. The van der Waals surface area contributed by atoms with Crippen LogP contribution >= 0.6 is 0 Å². The predicted molar refractivity (Wildman–Crippen MR) is 107 cm³/mol. The average molecular weight is 396 g/mol. The Bertz CT molecular complexity index is 1010. The van der Waals surface area contributed by atoms with Crippen molar-refractivity contribution in [3.05, 3.63) is 65.1 Å². The fraction of sp³-hybridized carbons (Fsp3) is 0.286. The van der Waals surface area contributed by atoms with Crippen LogP contribution in [-0.2, 0) is 18.4 Å². The highest BCUT2D eigenvalue weighted by molar-refractivity contribution is 5.97. The second kappa shape index (κ2) is 8.22. The maximum absolute atomic E-state index is 13.1. The van der Waals surface area contributed by atoms with Gasteiger partial charge < -0.3 is 19.3 Å². The summed E-state index contributed by atoms with van der Waals surface area (Å²) >= 11 is 0. The first-order valence-electron chi connectivity index (χ1n) is 9.14. The van der Waals surface area contributed by atoms with Gasteiger partial charge in [-0.25, -0.2) is 4.79 Å². The van der Waals surface area contributed by atoms with Crippen molar-refractivity contribution in [1.82, 2.24) is 19.2 Å². The van der Waals surface area contributed by atoms with E-state index in [1.165, 1.54) is 0 Å². The number of carbonyl (C=O) groups excluding carboxylic acids is 1. The van der Waals surface area contributed by atoms with Crippen LogP contribution in [0.15, 0.2) is 42.6 Å². The molecule has 29 heavy (non-hydrogen) atoms. The molecule has 0 aliphatic heterocycles. The van der Waals surface area contributed by atoms with Crippen molar-refractivity contribution in [2.45, 2.75) is 20.4 Å². The molecule has 0 saturated carbocycles. The molecule has 0 spiro atoms. The zero-order valence-corrected chi connectivity index (χ0v) is 16.9. The van der Waals surface area contributed by atoms with Crippen molar-refractivity contribution in [1.29, 1.82) is 0 Å². The Morgan fingerprint density at radius 1 is 1.10 bits per heavy atom. The third kappa shape index (κ3) is 4.31. The molecule has 1 amide bonds. The quantitative estimate of drug-likeness (QED) is 0.663. The number of aromatic nitrogens is 3. The summed E-state index contributed by atoms with van der Waals surface area (Å²) in [6.45, 7) is 3.99. The number of ether oxygens (including phenoxy) is 1. The number of benzene rings is 1. The highest BCUT2D eigenvalue weighted by atomic mass is 16.5. The Morgan fingerprint density at radius 3 is 2.31 bits per heavy atom. The molecule has 2 aromatic heterocycles. The lowest BCUT2D eigenvalue weighted by molar-refractivity contribution is -0.139. The van der Waals surface area contributed by atoms with Crippen LogP contribution in [-0.4, -0.2) is 49.9 Å². The van der Waals surface area contributed by atoms with Gasteiger partial charge in [-0.1, -0.05) is 12.1 Å². The molecule has 3 rings (SSSR count). The Morgan fingerprint density at radius 2 is 1.72 bits per heavy atom. The number of nitrogens with zero attached hydrogens (tertiary/aromatic N) is 4. The van der Waals surface area contributed by atoms with Crippen molar-refractivity contribution in [3.8, 4) is 11.6 Å². The van der Waals surface area contributed by atoms with Crippen LogP contribution in [0, 0.1) is 13.8 Å². The van der Waals surface area contributed by atoms with Gasteiger partial charge in [0.05, 0.1) is 6.20 Å². The van der Waals surface area contributed by atoms with Crippen LogP contribution in [0.3, 0.4) is 0 Å². The second-order valence-electron chi connectivity index (χ2n) is 6.94. The van der Waals surface area contributed by atoms with Gasteiger partial charge >= 0.3 is 5.97 Å². The molecule has 0 atom stereocenters. The van der Waals surface area contributed by atoms with Crippen molar-refractivity contribution in [3.63, 3.8) is 0 Å². The van der Waals surface area contributed by atoms with E-state index in [-0.39, 0.29) is 12.5 Å². The molecule has 1 N–H and O–H groups in total. The number of carboxylic acids is 1. The molecule has 1 aromatic carbocycles. The van der Waals surface area contributed by atoms with Crippen molar-refractivity contribution in [2.75, 3.05) is 13.7 Å². The van der Waals surface area contributed by atoms with E-state index < -0.39 is 5.97 Å². The summed E-state index contributed by atoms with van der Waals surface area (Å²) in [6.07, 6.45) is 1.59. The first-order valence-corrected chi connectivity index (χ1v) is 9.14. The summed E-state index contributed by atoms with van der Waals surface area (Å²) in [4.78, 5) is 25.3. The molecule has 2 heterocycles. The normalized spacial score (nSPS) is 10.8. The number of hydrogen-bond acceptors (Lipinski definition) is 4. The van der Waals surface area contributed by atoms with Gasteiger partial charge in [0, 0.05) is 32.0 Å². The van der Waals surface area contributed by atoms with Gasteiger partial charge in [0.25, 0.3) is 5.91 Å². The number of carboxylic acid groups (broad SMARTS) is 1. The van der Waals surface area contributed by atoms with Crippen molar-refractivity contribution >= 4 is 11.9 Å². The summed E-state index contributed by atoms with van der Waals surface area (Å²) in [6, 6.07) is 11.0. The molecule has 0 aliphatic rings. The van der Waals surface area contributed by atoms with Crippen LogP contribution in [0.1, 0.15) is 27.3 Å². The van der Waals surface area contributed by atoms with Gasteiger partial charge in [0.1, 0.15) is 17.1 Å². The first kappa shape index (κ1) is 20.2. The molecular formula is C21H24N4O4. The van der Waals surface area contributed by atoms with Gasteiger partial charge in [-0.3, -0.25) is 9.48 Å². The molecule has 8 nitrogen and oxygen atoms in total. The summed E-state index contributed by atoms with van der Waals surface area (Å²) < 4.78 is 8.85. The Kier molecular flexibility index (Phi) is 5.72. The molecule has 0 aliphatic carbocycles. The minimum Gasteiger partial charge on any atom is -0.482 e. The lowest BCUT2D eigenvalue weighted by Crippen LogP contribution is -2.27. The van der Waals surface area contributed by atoms with E-state index in [0.717, 1.165) is 22.8 Å². The van der Waals surface area contributed by atoms with Crippen molar-refractivity contribution in [2.24, 2.45) is 7.05 Å². The highest BCUT2D eigenvalue weighted by Crippen LogP contribution is 2.22. The van der Waals surface area contributed by atoms with Crippen LogP contribution in [0.5, 0.6) is 5.75 Å². The van der Waals surface area contributed by atoms with Crippen LogP contribution in [0.4, 0.5) is 0 Å². The largest absolute Gasteiger partial charge is 0.482 e. The highest BCUT2D eigenvalue weighted by Gasteiger charge is 2.22. The Labute approximate surface area is 168 Å². The van der Waals surface area contributed by atoms with E-state index in [9.17, 15) is 9.59 Å². The molecular weight excluding hydrogens is 372 g/mol. The lowest BCUT2D eigenvalue weighted by atomic mass is 10.2. The fourth-order valence-electron chi connectivity index (χ4n) is 3.24. The van der Waals surface area contributed by atoms with E-state index >= 15 is 0 Å². The SMILES string of the molecule is Cc1ccc(C)n1-c1c(C(=O)N(C)Cc2ccc(OCC(=O)O)cc2)cnn1C. The standard InChI is InChI=1S/C21H24N4O4/c1-14-5-6-15(2)25(14)20-18(11-22-24(20)4)21(28)23(3)12-16-7-9-17(10-8-16)29-13-19(26)27/h5-11H,12-13H2,1-4H3,(H,26,27). The Balaban J connectivity index is 1.77. The smallest absolute Gasteiger partial charge is 0.341 e. The number of hydrogen-bond donors (Lipinski definition) is 1. The fourth-order valence-corrected chi connectivity index (χ4v) is 3.24. The second-order valence-corrected chi connectivity index (χ2v) is 6.94. The van der Waals surface area contributed by atoms with Gasteiger partial charge in [-0.05, 0) is 43.7 Å². The molecule has 0 saturated heterocycles. The molecule has 0 bridgehead atoms. The molecule has 3 aromatic rings. The molecule has 0 radical (unpaired) electrons. The Hall–Kier alpha value is -3.55. The zero-order valence-electron chi connectivity index (χ0n) is 16.9. The number of aliphatic carboxylic acids is 1. The minimum absolute atomic E-state index is 0.133. The van der Waals surface area contributed by atoms with Gasteiger partial charge in [-0.15, -0.1) is 0 Å². The third-order valence-corrected chi connectivity index (χ3v) is 4.67. The summed E-state index contributed by atoms with van der Waals surface area (Å²) in [7, 11) is 3.56. The van der Waals surface area contributed by atoms with Gasteiger partial charge in [-0.2, -0.15) is 5.10 Å². The maximum Gasteiger partial charge on any atom is 0.341 e. The zero-order chi connectivity index (χ0) is 21.1. The van der Waals surface area contributed by atoms with Crippen LogP contribution < -0.4 is 4.74 Å². The van der Waals surface area contributed by atoms with E-state index in [2.05, 4.69) is 5.10 Å². The number of amides is 1. The van der Waals surface area contributed by atoms with Crippen LogP contribution in [0.2, 0.25) is 0 Å². The van der Waals surface area contributed by atoms with Crippen LogP contribution in [0.25, 0.3) is 5.82 Å². The number of carbonyl (C=O) groups is 2. The monoisotopic (exact) mass is 396 g/mol. The summed E-state index contributed by atoms with van der Waals surface area (Å²) in [5.41, 5.74) is 3.49. The van der Waals surface area contributed by atoms with Gasteiger partial charge in [0.15, 0.2) is 6.61 Å². The van der Waals surface area contributed by atoms with E-state index in [1.807, 2.05) is 49.7 Å². The molecule has 0 unspecified atom stereocenters. The topological polar surface area (TPSA) is 89.6 Å². The van der Waals surface area contributed by atoms with E-state index in [0.29, 0.717) is 17.9 Å². The van der Waals surface area contributed by atoms with E-state index in [4.69, 9.17) is 9.84 Å². The van der Waals surface area contributed by atoms with Crippen molar-refractivity contribution < 1.29 is 19.4 Å². The average Bonchev–Trinajstić information content (AvgIpc) is 3.21. The lowest BCUT2D eigenvalue weighted by Gasteiger charge is -2.19. The van der Waals surface area contributed by atoms with Gasteiger partial charge in [0.2, 0.25) is 0 Å². The van der Waals surface area contributed by atoms with E-state index in [1.54, 1.807) is 35.0 Å². The minimum atomic E-state index is -1.03. The third-order valence-electron chi connectivity index (χ3n) is 4.67. The molecule has 152 valence electrons. The number of rotatable bonds is 7. The molecule has 8 heteroatoms. The molecule has 0 fully saturated rings. The maximum atomic E-state index is 13.1. The summed E-state index contributed by atoms with van der Waals surface area (Å²) in [5, 5.41) is 13.0.